The fourth-order valence-electron chi connectivity index (χ4n) is 1.55. The van der Waals surface area contributed by atoms with Gasteiger partial charge in [0.2, 0.25) is 0 Å². The first-order chi connectivity index (χ1) is 7.78. The van der Waals surface area contributed by atoms with E-state index in [0.717, 1.165) is 11.3 Å². The summed E-state index contributed by atoms with van der Waals surface area (Å²) >= 11 is 5.90. The number of halogens is 1. The van der Waals surface area contributed by atoms with E-state index >= 15 is 0 Å². The van der Waals surface area contributed by atoms with Gasteiger partial charge < -0.3 is 15.2 Å². The highest BCUT2D eigenvalue weighted by molar-refractivity contribution is 6.18. The second-order valence-electron chi connectivity index (χ2n) is 4.26. The number of benzene rings is 1. The fraction of sp³-hybridized carbons (Fsp3) is 0.500. The summed E-state index contributed by atoms with van der Waals surface area (Å²) in [6.45, 7) is 2.55. The summed E-state index contributed by atoms with van der Waals surface area (Å²) < 4.78 is 10.9. The average Bonchev–Trinajstić information content (AvgIpc) is 2.29. The first kappa shape index (κ1) is 11.7. The lowest BCUT2D eigenvalue weighted by Crippen LogP contribution is -2.48. The van der Waals surface area contributed by atoms with Crippen LogP contribution in [0.1, 0.15) is 5.56 Å². The first-order valence-electron chi connectivity index (χ1n) is 5.33. The van der Waals surface area contributed by atoms with E-state index in [2.05, 4.69) is 0 Å². The molecule has 2 N–H and O–H groups in total. The zero-order valence-electron chi connectivity index (χ0n) is 9.12. The van der Waals surface area contributed by atoms with Crippen molar-refractivity contribution in [2.45, 2.75) is 6.54 Å². The summed E-state index contributed by atoms with van der Waals surface area (Å²) in [6.07, 6.45) is 0. The minimum Gasteiger partial charge on any atom is -0.493 e. The number of hydrogen-bond donors (Lipinski definition) is 1. The van der Waals surface area contributed by atoms with Crippen LogP contribution in [0.2, 0.25) is 0 Å². The van der Waals surface area contributed by atoms with Crippen LogP contribution in [-0.4, -0.2) is 25.7 Å². The maximum absolute atomic E-state index is 5.90. The third-order valence-electron chi connectivity index (χ3n) is 2.80. The number of nitrogens with two attached hydrogens (primary N) is 1. The van der Waals surface area contributed by atoms with E-state index in [0.29, 0.717) is 32.2 Å². The molecule has 88 valence electrons. The van der Waals surface area contributed by atoms with E-state index in [4.69, 9.17) is 26.8 Å². The molecule has 4 heteroatoms. The number of alkyl halides is 1. The van der Waals surface area contributed by atoms with Crippen molar-refractivity contribution in [3.63, 3.8) is 0 Å². The van der Waals surface area contributed by atoms with Crippen LogP contribution < -0.4 is 10.5 Å². The fourth-order valence-corrected chi connectivity index (χ4v) is 1.78. The lowest BCUT2D eigenvalue weighted by molar-refractivity contribution is -0.117. The molecule has 1 heterocycles. The smallest absolute Gasteiger partial charge is 0.119 e. The summed E-state index contributed by atoms with van der Waals surface area (Å²) in [6, 6.07) is 7.81. The molecule has 1 aliphatic heterocycles. The van der Waals surface area contributed by atoms with Gasteiger partial charge in [-0.15, -0.1) is 11.6 Å². The number of rotatable bonds is 5. The highest BCUT2D eigenvalue weighted by Gasteiger charge is 2.38. The van der Waals surface area contributed by atoms with Crippen LogP contribution >= 0.6 is 11.6 Å². The van der Waals surface area contributed by atoms with Gasteiger partial charge in [0.1, 0.15) is 5.75 Å². The van der Waals surface area contributed by atoms with Crippen molar-refractivity contribution < 1.29 is 9.47 Å². The molecule has 0 spiro atoms. The third kappa shape index (κ3) is 2.48. The molecule has 2 rings (SSSR count). The minimum atomic E-state index is 0.00803. The van der Waals surface area contributed by atoms with E-state index in [1.165, 1.54) is 0 Å². The molecule has 16 heavy (non-hydrogen) atoms. The summed E-state index contributed by atoms with van der Waals surface area (Å²) in [7, 11) is 0. The Kier molecular flexibility index (Phi) is 3.69. The maximum Gasteiger partial charge on any atom is 0.119 e. The molecule has 0 bridgehead atoms. The van der Waals surface area contributed by atoms with E-state index in [-0.39, 0.29) is 5.41 Å². The van der Waals surface area contributed by atoms with Gasteiger partial charge in [-0.05, 0) is 17.7 Å². The number of ether oxygens (including phenoxy) is 2. The van der Waals surface area contributed by atoms with Crippen LogP contribution in [-0.2, 0) is 11.3 Å². The zero-order chi connectivity index (χ0) is 11.4. The van der Waals surface area contributed by atoms with Gasteiger partial charge in [0.15, 0.2) is 0 Å². The highest BCUT2D eigenvalue weighted by atomic mass is 35.5. The quantitative estimate of drug-likeness (QED) is 0.800. The van der Waals surface area contributed by atoms with Gasteiger partial charge in [-0.25, -0.2) is 0 Å². The molecule has 1 aliphatic rings. The normalized spacial score (nSPS) is 17.9. The molecular formula is C12H16ClNO2. The zero-order valence-corrected chi connectivity index (χ0v) is 9.87. The van der Waals surface area contributed by atoms with Crippen molar-refractivity contribution in [3.8, 4) is 5.75 Å². The van der Waals surface area contributed by atoms with Crippen LogP contribution in [0.25, 0.3) is 0 Å². The Bertz CT molecular complexity index is 330. The molecule has 0 aromatic heterocycles. The highest BCUT2D eigenvalue weighted by Crippen LogP contribution is 2.29. The van der Waals surface area contributed by atoms with Gasteiger partial charge >= 0.3 is 0 Å². The number of hydrogen-bond acceptors (Lipinski definition) is 3. The first-order valence-corrected chi connectivity index (χ1v) is 5.87. The van der Waals surface area contributed by atoms with Crippen molar-refractivity contribution in [1.29, 1.82) is 0 Å². The van der Waals surface area contributed by atoms with Crippen molar-refractivity contribution >= 4 is 11.6 Å². The summed E-state index contributed by atoms with van der Waals surface area (Å²) in [4.78, 5) is 0. The summed E-state index contributed by atoms with van der Waals surface area (Å²) in [5.74, 6) is 1.43. The Morgan fingerprint density at radius 3 is 2.44 bits per heavy atom. The minimum absolute atomic E-state index is 0.00803. The molecule has 0 unspecified atom stereocenters. The molecule has 3 nitrogen and oxygen atoms in total. The Morgan fingerprint density at radius 1 is 1.31 bits per heavy atom. The van der Waals surface area contributed by atoms with Crippen LogP contribution in [0, 0.1) is 5.41 Å². The van der Waals surface area contributed by atoms with Gasteiger partial charge in [0.05, 0.1) is 25.2 Å². The largest absolute Gasteiger partial charge is 0.493 e. The summed E-state index contributed by atoms with van der Waals surface area (Å²) in [5.41, 5.74) is 6.63. The maximum atomic E-state index is 5.90. The molecule has 0 amide bonds. The second kappa shape index (κ2) is 5.04. The molecule has 0 aliphatic carbocycles. The summed E-state index contributed by atoms with van der Waals surface area (Å²) in [5, 5.41) is 0. The third-order valence-corrected chi connectivity index (χ3v) is 3.37. The van der Waals surface area contributed by atoms with Crippen molar-refractivity contribution in [2.24, 2.45) is 11.1 Å². The SMILES string of the molecule is NCc1ccc(OCC2(CCl)COC2)cc1. The van der Waals surface area contributed by atoms with Gasteiger partial charge in [-0.2, -0.15) is 0 Å². The average molecular weight is 242 g/mol. The monoisotopic (exact) mass is 241 g/mol. The molecule has 1 saturated heterocycles. The van der Waals surface area contributed by atoms with Gasteiger partial charge in [-0.1, -0.05) is 12.1 Å². The predicted octanol–water partition coefficient (Wildman–Crippen LogP) is 1.78. The predicted molar refractivity (Wildman–Crippen MR) is 63.8 cm³/mol. The Labute approximate surface area is 100 Å². The molecule has 1 aromatic rings. The Hall–Kier alpha value is -0.770. The second-order valence-corrected chi connectivity index (χ2v) is 4.53. The lowest BCUT2D eigenvalue weighted by atomic mass is 9.90. The molecule has 1 fully saturated rings. The van der Waals surface area contributed by atoms with Crippen molar-refractivity contribution in [3.05, 3.63) is 29.8 Å². The molecule has 0 saturated carbocycles. The Balaban J connectivity index is 1.89. The van der Waals surface area contributed by atoms with Crippen LogP contribution in [0.15, 0.2) is 24.3 Å². The topological polar surface area (TPSA) is 44.5 Å². The van der Waals surface area contributed by atoms with Gasteiger partial charge in [0, 0.05) is 12.4 Å². The van der Waals surface area contributed by atoms with Gasteiger partial charge in [-0.3, -0.25) is 0 Å². The van der Waals surface area contributed by atoms with Gasteiger partial charge in [0.25, 0.3) is 0 Å². The molecule has 1 aromatic carbocycles. The molecule has 0 atom stereocenters. The standard InChI is InChI=1S/C12H16ClNO2/c13-6-12(7-15-8-12)9-16-11-3-1-10(5-14)2-4-11/h1-4H,5-9,14H2. The van der Waals surface area contributed by atoms with Crippen LogP contribution in [0.3, 0.4) is 0 Å². The lowest BCUT2D eigenvalue weighted by Gasteiger charge is -2.39. The van der Waals surface area contributed by atoms with Crippen LogP contribution in [0.4, 0.5) is 0 Å². The van der Waals surface area contributed by atoms with E-state index < -0.39 is 0 Å². The van der Waals surface area contributed by atoms with Crippen molar-refractivity contribution in [2.75, 3.05) is 25.7 Å². The van der Waals surface area contributed by atoms with Crippen molar-refractivity contribution in [1.82, 2.24) is 0 Å². The van der Waals surface area contributed by atoms with E-state index in [1.807, 2.05) is 24.3 Å². The molecular weight excluding hydrogens is 226 g/mol. The molecule has 0 radical (unpaired) electrons. The van der Waals surface area contributed by atoms with E-state index in [1.54, 1.807) is 0 Å². The van der Waals surface area contributed by atoms with E-state index in [9.17, 15) is 0 Å². The Morgan fingerprint density at radius 2 is 2.00 bits per heavy atom. The van der Waals surface area contributed by atoms with Crippen LogP contribution in [0.5, 0.6) is 5.75 Å².